The molecule has 2 amide bonds. The van der Waals surface area contributed by atoms with E-state index in [1.54, 1.807) is 23.1 Å². The highest BCUT2D eigenvalue weighted by Crippen LogP contribution is 2.45. The first-order chi connectivity index (χ1) is 11.1. The first-order valence-electron chi connectivity index (χ1n) is 7.50. The van der Waals surface area contributed by atoms with Gasteiger partial charge >= 0.3 is 0 Å². The van der Waals surface area contributed by atoms with Gasteiger partial charge in [0.25, 0.3) is 0 Å². The van der Waals surface area contributed by atoms with Gasteiger partial charge in [-0.3, -0.25) is 14.5 Å². The summed E-state index contributed by atoms with van der Waals surface area (Å²) in [7, 11) is 0. The van der Waals surface area contributed by atoms with E-state index in [9.17, 15) is 9.59 Å². The molecule has 2 aromatic heterocycles. The maximum Gasteiger partial charge on any atom is 0.237 e. The van der Waals surface area contributed by atoms with Gasteiger partial charge < -0.3 is 4.42 Å². The smallest absolute Gasteiger partial charge is 0.237 e. The molecular weight excluding hydrogens is 332 g/mol. The largest absolute Gasteiger partial charge is 0.441 e. The van der Waals surface area contributed by atoms with Crippen molar-refractivity contribution in [1.82, 2.24) is 9.88 Å². The zero-order chi connectivity index (χ0) is 16.0. The van der Waals surface area contributed by atoms with Crippen molar-refractivity contribution in [2.75, 3.05) is 11.5 Å². The summed E-state index contributed by atoms with van der Waals surface area (Å²) in [6, 6.07) is 1.94. The molecule has 1 atom stereocenters. The van der Waals surface area contributed by atoms with Gasteiger partial charge in [-0.05, 0) is 30.5 Å². The van der Waals surface area contributed by atoms with E-state index in [0.717, 1.165) is 23.5 Å². The number of rotatable bonds is 3. The Morgan fingerprint density at radius 2 is 2.30 bits per heavy atom. The van der Waals surface area contributed by atoms with E-state index in [1.165, 1.54) is 4.90 Å². The molecule has 1 spiro atoms. The number of hydrogen-bond donors (Lipinski definition) is 0. The normalized spacial score (nSPS) is 24.3. The first kappa shape index (κ1) is 15.0. The van der Waals surface area contributed by atoms with Gasteiger partial charge in [0.05, 0.1) is 12.0 Å². The van der Waals surface area contributed by atoms with Crippen molar-refractivity contribution in [3.8, 4) is 11.5 Å². The average Bonchev–Trinajstić information content (AvgIpc) is 3.27. The number of likely N-dealkylation sites (tertiary alicyclic amines) is 1. The molecule has 5 nitrogen and oxygen atoms in total. The first-order valence-corrected chi connectivity index (χ1v) is 9.60. The number of imide groups is 1. The summed E-state index contributed by atoms with van der Waals surface area (Å²) < 4.78 is 5.70. The van der Waals surface area contributed by atoms with E-state index in [-0.39, 0.29) is 18.4 Å². The van der Waals surface area contributed by atoms with Crippen LogP contribution < -0.4 is 0 Å². The Kier molecular flexibility index (Phi) is 3.57. The molecule has 2 saturated heterocycles. The van der Waals surface area contributed by atoms with Gasteiger partial charge in [-0.25, -0.2) is 4.98 Å². The van der Waals surface area contributed by atoms with Gasteiger partial charge in [-0.2, -0.15) is 23.1 Å². The van der Waals surface area contributed by atoms with Crippen LogP contribution in [0, 0.1) is 12.3 Å². The fourth-order valence-corrected chi connectivity index (χ4v) is 5.24. The number of amides is 2. The molecule has 0 aromatic carbocycles. The monoisotopic (exact) mass is 348 g/mol. The van der Waals surface area contributed by atoms with E-state index in [0.29, 0.717) is 23.8 Å². The minimum Gasteiger partial charge on any atom is -0.441 e. The van der Waals surface area contributed by atoms with E-state index < -0.39 is 5.41 Å². The van der Waals surface area contributed by atoms with Crippen molar-refractivity contribution in [2.45, 2.75) is 26.3 Å². The molecule has 0 bridgehead atoms. The summed E-state index contributed by atoms with van der Waals surface area (Å²) in [5.74, 6) is 2.80. The summed E-state index contributed by atoms with van der Waals surface area (Å²) >= 11 is 3.33. The molecule has 23 heavy (non-hydrogen) atoms. The standard InChI is InChI=1S/C16H16N2O3S2/c1-10-12(17-14(21-10)11-2-4-22-8-11)7-18-13(19)6-16(15(18)20)3-5-23-9-16/h2,4,8H,3,5-7,9H2,1H3/t16-/m0/s1. The average molecular weight is 348 g/mol. The van der Waals surface area contributed by atoms with Crippen LogP contribution in [0.25, 0.3) is 11.5 Å². The van der Waals surface area contributed by atoms with E-state index >= 15 is 0 Å². The number of nitrogens with zero attached hydrogens (tertiary/aromatic N) is 2. The Morgan fingerprint density at radius 3 is 3.00 bits per heavy atom. The molecule has 4 heterocycles. The van der Waals surface area contributed by atoms with Gasteiger partial charge in [0.1, 0.15) is 11.5 Å². The third kappa shape index (κ3) is 2.42. The topological polar surface area (TPSA) is 63.4 Å². The Balaban J connectivity index is 1.59. The van der Waals surface area contributed by atoms with Crippen LogP contribution in [-0.2, 0) is 16.1 Å². The molecular formula is C16H16N2O3S2. The maximum atomic E-state index is 12.7. The third-order valence-corrected chi connectivity index (χ3v) is 6.49. The van der Waals surface area contributed by atoms with Crippen molar-refractivity contribution < 1.29 is 14.0 Å². The van der Waals surface area contributed by atoms with Crippen molar-refractivity contribution in [1.29, 1.82) is 0 Å². The van der Waals surface area contributed by atoms with Crippen LogP contribution in [0.3, 0.4) is 0 Å². The molecule has 2 aliphatic rings. The Morgan fingerprint density at radius 1 is 1.43 bits per heavy atom. The minimum atomic E-state index is -0.463. The highest BCUT2D eigenvalue weighted by Gasteiger charge is 2.53. The summed E-state index contributed by atoms with van der Waals surface area (Å²) in [5.41, 5.74) is 1.12. The summed E-state index contributed by atoms with van der Waals surface area (Å²) in [6.45, 7) is 2.04. The Labute approximate surface area is 142 Å². The van der Waals surface area contributed by atoms with Crippen LogP contribution in [0.1, 0.15) is 24.3 Å². The van der Waals surface area contributed by atoms with Crippen LogP contribution in [0.4, 0.5) is 0 Å². The summed E-state index contributed by atoms with van der Waals surface area (Å²) in [5, 5.41) is 3.93. The number of oxazole rings is 1. The zero-order valence-corrected chi connectivity index (χ0v) is 14.3. The number of thioether (sulfide) groups is 1. The molecule has 0 radical (unpaired) electrons. The quantitative estimate of drug-likeness (QED) is 0.798. The lowest BCUT2D eigenvalue weighted by molar-refractivity contribution is -0.141. The van der Waals surface area contributed by atoms with Crippen molar-refractivity contribution in [3.63, 3.8) is 0 Å². The highest BCUT2D eigenvalue weighted by molar-refractivity contribution is 7.99. The lowest BCUT2D eigenvalue weighted by atomic mass is 9.86. The number of aromatic nitrogens is 1. The second-order valence-corrected chi connectivity index (χ2v) is 7.96. The van der Waals surface area contributed by atoms with Crippen molar-refractivity contribution >= 4 is 34.9 Å². The lowest BCUT2D eigenvalue weighted by Gasteiger charge is -2.19. The molecule has 0 saturated carbocycles. The zero-order valence-electron chi connectivity index (χ0n) is 12.7. The van der Waals surface area contributed by atoms with Gasteiger partial charge in [0.15, 0.2) is 0 Å². The molecule has 7 heteroatoms. The second kappa shape index (κ2) is 5.49. The predicted octanol–water partition coefficient (Wildman–Crippen LogP) is 3.09. The molecule has 120 valence electrons. The number of thiophene rings is 1. The second-order valence-electron chi connectivity index (χ2n) is 6.08. The molecule has 2 fully saturated rings. The fraction of sp³-hybridized carbons (Fsp3) is 0.438. The number of hydrogen-bond acceptors (Lipinski definition) is 6. The SMILES string of the molecule is Cc1oc(-c2ccsc2)nc1CN1C(=O)C[C@]2(CCSC2)C1=O. The molecule has 0 unspecified atom stereocenters. The van der Waals surface area contributed by atoms with Crippen LogP contribution in [0.5, 0.6) is 0 Å². The molecule has 2 aliphatic heterocycles. The Bertz CT molecular complexity index is 760. The molecule has 0 aliphatic carbocycles. The van der Waals surface area contributed by atoms with Gasteiger partial charge in [-0.15, -0.1) is 0 Å². The van der Waals surface area contributed by atoms with E-state index in [2.05, 4.69) is 4.98 Å². The summed E-state index contributed by atoms with van der Waals surface area (Å²) in [6.07, 6.45) is 1.14. The van der Waals surface area contributed by atoms with Crippen LogP contribution in [0.2, 0.25) is 0 Å². The highest BCUT2D eigenvalue weighted by atomic mass is 32.2. The summed E-state index contributed by atoms with van der Waals surface area (Å²) in [4.78, 5) is 30.9. The van der Waals surface area contributed by atoms with Crippen molar-refractivity contribution in [3.05, 3.63) is 28.3 Å². The van der Waals surface area contributed by atoms with E-state index in [1.807, 2.05) is 23.8 Å². The molecule has 2 aromatic rings. The van der Waals surface area contributed by atoms with Crippen LogP contribution in [-0.4, -0.2) is 33.2 Å². The molecule has 4 rings (SSSR count). The fourth-order valence-electron chi connectivity index (χ4n) is 3.17. The Hall–Kier alpha value is -1.60. The minimum absolute atomic E-state index is 0.0352. The number of carbonyl (C=O) groups is 2. The maximum absolute atomic E-state index is 12.7. The van der Waals surface area contributed by atoms with Gasteiger partial charge in [0, 0.05) is 23.1 Å². The van der Waals surface area contributed by atoms with E-state index in [4.69, 9.17) is 4.42 Å². The van der Waals surface area contributed by atoms with Crippen molar-refractivity contribution in [2.24, 2.45) is 5.41 Å². The van der Waals surface area contributed by atoms with Gasteiger partial charge in [-0.1, -0.05) is 0 Å². The number of carbonyl (C=O) groups excluding carboxylic acids is 2. The van der Waals surface area contributed by atoms with Gasteiger partial charge in [0.2, 0.25) is 17.7 Å². The number of aryl methyl sites for hydroxylation is 1. The lowest BCUT2D eigenvalue weighted by Crippen LogP contribution is -2.35. The molecule has 0 N–H and O–H groups in total. The third-order valence-electron chi connectivity index (χ3n) is 4.56. The predicted molar refractivity (Wildman–Crippen MR) is 89.1 cm³/mol. The van der Waals surface area contributed by atoms with Crippen LogP contribution in [0.15, 0.2) is 21.2 Å². The van der Waals surface area contributed by atoms with Crippen LogP contribution >= 0.6 is 23.1 Å².